The number of hydrogen-bond donors (Lipinski definition) is 1. The van der Waals surface area contributed by atoms with E-state index >= 15 is 0 Å². The summed E-state index contributed by atoms with van der Waals surface area (Å²) in [5.74, 6) is -0.0915. The molecule has 0 atom stereocenters. The maximum Gasteiger partial charge on any atom is 0.254 e. The second-order valence-corrected chi connectivity index (χ2v) is 8.87. The fraction of sp³-hybridized carbons (Fsp3) is 0.632. The van der Waals surface area contributed by atoms with Crippen LogP contribution in [-0.4, -0.2) is 68.6 Å². The number of piperazine rings is 1. The van der Waals surface area contributed by atoms with Crippen molar-refractivity contribution in [2.45, 2.75) is 33.1 Å². The van der Waals surface area contributed by atoms with Gasteiger partial charge in [-0.05, 0) is 25.0 Å². The first-order chi connectivity index (χ1) is 12.5. The zero-order chi connectivity index (χ0) is 19.0. The van der Waals surface area contributed by atoms with Gasteiger partial charge < -0.3 is 10.2 Å². The molecule has 0 spiro atoms. The molecule has 2 rings (SSSR count). The van der Waals surface area contributed by atoms with Crippen LogP contribution in [0.25, 0.3) is 0 Å². The molecule has 0 saturated carbocycles. The van der Waals surface area contributed by atoms with Crippen LogP contribution in [0.15, 0.2) is 24.3 Å². The number of sulfonamides is 1. The Morgan fingerprint density at radius 1 is 1.15 bits per heavy atom. The van der Waals surface area contributed by atoms with E-state index in [0.29, 0.717) is 38.3 Å². The van der Waals surface area contributed by atoms with Crippen LogP contribution in [0.5, 0.6) is 0 Å². The van der Waals surface area contributed by atoms with Crippen LogP contribution in [0.1, 0.15) is 42.1 Å². The Morgan fingerprint density at radius 3 is 2.50 bits per heavy atom. The fourth-order valence-electron chi connectivity index (χ4n) is 3.13. The molecule has 0 aromatic heterocycles. The van der Waals surface area contributed by atoms with Crippen molar-refractivity contribution >= 4 is 15.9 Å². The molecule has 7 heteroatoms. The molecule has 1 aromatic carbocycles. The predicted octanol–water partition coefficient (Wildman–Crippen LogP) is 1.86. The summed E-state index contributed by atoms with van der Waals surface area (Å²) >= 11 is 0. The SMILES string of the molecule is CCCCCN(CCS(=O)(=O)N1CCNCC1)C(=O)c1ccccc1C. The van der Waals surface area contributed by atoms with E-state index in [4.69, 9.17) is 0 Å². The standard InChI is InChI=1S/C19H31N3O3S/c1-3-4-7-12-21(19(23)18-9-6-5-8-17(18)2)15-16-26(24,25)22-13-10-20-11-14-22/h5-6,8-9,20H,3-4,7,10-16H2,1-2H3. The van der Waals surface area contributed by atoms with Crippen LogP contribution in [-0.2, 0) is 10.0 Å². The molecule has 1 saturated heterocycles. The lowest BCUT2D eigenvalue weighted by atomic mass is 10.1. The second-order valence-electron chi connectivity index (χ2n) is 6.78. The van der Waals surface area contributed by atoms with Crippen molar-refractivity contribution in [2.24, 2.45) is 0 Å². The Morgan fingerprint density at radius 2 is 1.85 bits per heavy atom. The van der Waals surface area contributed by atoms with Gasteiger partial charge in [0.1, 0.15) is 0 Å². The quantitative estimate of drug-likeness (QED) is 0.663. The molecule has 26 heavy (non-hydrogen) atoms. The summed E-state index contributed by atoms with van der Waals surface area (Å²) in [5.41, 5.74) is 1.58. The van der Waals surface area contributed by atoms with Crippen LogP contribution in [0.4, 0.5) is 0 Å². The minimum Gasteiger partial charge on any atom is -0.338 e. The highest BCUT2D eigenvalue weighted by Gasteiger charge is 2.26. The van der Waals surface area contributed by atoms with E-state index in [9.17, 15) is 13.2 Å². The molecule has 1 aromatic rings. The summed E-state index contributed by atoms with van der Waals surface area (Å²) in [4.78, 5) is 14.7. The van der Waals surface area contributed by atoms with E-state index in [-0.39, 0.29) is 18.2 Å². The number of carbonyl (C=O) groups excluding carboxylic acids is 1. The van der Waals surface area contributed by atoms with E-state index in [1.54, 1.807) is 4.90 Å². The smallest absolute Gasteiger partial charge is 0.254 e. The molecule has 1 fully saturated rings. The lowest BCUT2D eigenvalue weighted by molar-refractivity contribution is 0.0761. The Labute approximate surface area is 157 Å². The van der Waals surface area contributed by atoms with Gasteiger partial charge in [-0.3, -0.25) is 4.79 Å². The molecule has 1 amide bonds. The Balaban J connectivity index is 2.06. The molecular formula is C19H31N3O3S. The lowest BCUT2D eigenvalue weighted by Gasteiger charge is -2.29. The van der Waals surface area contributed by atoms with Crippen molar-refractivity contribution in [1.82, 2.24) is 14.5 Å². The van der Waals surface area contributed by atoms with Gasteiger partial charge in [0, 0.05) is 44.8 Å². The maximum atomic E-state index is 13.0. The van der Waals surface area contributed by atoms with Gasteiger partial charge in [0.25, 0.3) is 5.91 Å². The van der Waals surface area contributed by atoms with Crippen LogP contribution in [0.3, 0.4) is 0 Å². The first-order valence-electron chi connectivity index (χ1n) is 9.49. The van der Waals surface area contributed by atoms with Gasteiger partial charge in [-0.1, -0.05) is 38.0 Å². The third kappa shape index (κ3) is 5.79. The monoisotopic (exact) mass is 381 g/mol. The number of unbranched alkanes of at least 4 members (excludes halogenated alkanes) is 2. The molecule has 1 N–H and O–H groups in total. The zero-order valence-corrected chi connectivity index (χ0v) is 16.7. The van der Waals surface area contributed by atoms with Gasteiger partial charge >= 0.3 is 0 Å². The lowest BCUT2D eigenvalue weighted by Crippen LogP contribution is -2.48. The number of rotatable bonds is 9. The van der Waals surface area contributed by atoms with Gasteiger partial charge in [-0.2, -0.15) is 4.31 Å². The zero-order valence-electron chi connectivity index (χ0n) is 15.9. The van der Waals surface area contributed by atoms with Crippen molar-refractivity contribution in [3.63, 3.8) is 0 Å². The molecule has 1 heterocycles. The molecule has 1 aliphatic heterocycles. The van der Waals surface area contributed by atoms with Crippen molar-refractivity contribution in [3.8, 4) is 0 Å². The summed E-state index contributed by atoms with van der Waals surface area (Å²) in [6.45, 7) is 7.23. The molecule has 0 unspecified atom stereocenters. The van der Waals surface area contributed by atoms with Crippen molar-refractivity contribution < 1.29 is 13.2 Å². The minimum absolute atomic E-state index is 0.0171. The highest BCUT2D eigenvalue weighted by Crippen LogP contribution is 2.13. The van der Waals surface area contributed by atoms with Crippen molar-refractivity contribution in [1.29, 1.82) is 0 Å². The van der Waals surface area contributed by atoms with Crippen molar-refractivity contribution in [3.05, 3.63) is 35.4 Å². The fourth-order valence-corrected chi connectivity index (χ4v) is 4.58. The number of aryl methyl sites for hydroxylation is 1. The first-order valence-corrected chi connectivity index (χ1v) is 11.1. The van der Waals surface area contributed by atoms with Crippen LogP contribution >= 0.6 is 0 Å². The maximum absolute atomic E-state index is 13.0. The molecule has 146 valence electrons. The Kier molecular flexibility index (Phi) is 8.06. The second kappa shape index (κ2) is 10.0. The van der Waals surface area contributed by atoms with E-state index in [0.717, 1.165) is 24.8 Å². The summed E-state index contributed by atoms with van der Waals surface area (Å²) in [5, 5.41) is 3.16. The van der Waals surface area contributed by atoms with Crippen molar-refractivity contribution in [2.75, 3.05) is 45.0 Å². The van der Waals surface area contributed by atoms with Gasteiger partial charge in [0.15, 0.2) is 0 Å². The summed E-state index contributed by atoms with van der Waals surface area (Å²) < 4.78 is 26.7. The molecule has 0 radical (unpaired) electrons. The highest BCUT2D eigenvalue weighted by molar-refractivity contribution is 7.89. The number of nitrogens with zero attached hydrogens (tertiary/aromatic N) is 2. The third-order valence-electron chi connectivity index (χ3n) is 4.78. The average Bonchev–Trinajstić information content (AvgIpc) is 2.65. The molecule has 0 bridgehead atoms. The Hall–Kier alpha value is -1.44. The van der Waals surface area contributed by atoms with Gasteiger partial charge in [0.2, 0.25) is 10.0 Å². The van der Waals surface area contributed by atoms with E-state index < -0.39 is 10.0 Å². The first kappa shape index (κ1) is 20.9. The molecular weight excluding hydrogens is 350 g/mol. The number of amides is 1. The van der Waals surface area contributed by atoms with E-state index in [1.807, 2.05) is 31.2 Å². The Bertz CT molecular complexity index is 685. The normalized spacial score (nSPS) is 15.8. The van der Waals surface area contributed by atoms with Crippen LogP contribution < -0.4 is 5.32 Å². The van der Waals surface area contributed by atoms with Gasteiger partial charge in [-0.25, -0.2) is 8.42 Å². The third-order valence-corrected chi connectivity index (χ3v) is 6.63. The minimum atomic E-state index is -3.34. The van der Waals surface area contributed by atoms with Gasteiger partial charge in [-0.15, -0.1) is 0 Å². The summed E-state index contributed by atoms with van der Waals surface area (Å²) in [6.07, 6.45) is 2.98. The summed E-state index contributed by atoms with van der Waals surface area (Å²) in [7, 11) is -3.34. The number of carbonyl (C=O) groups is 1. The topological polar surface area (TPSA) is 69.7 Å². The summed E-state index contributed by atoms with van der Waals surface area (Å²) in [6, 6.07) is 7.48. The van der Waals surface area contributed by atoms with E-state index in [1.165, 1.54) is 4.31 Å². The predicted molar refractivity (Wildman–Crippen MR) is 105 cm³/mol. The number of benzene rings is 1. The molecule has 6 nitrogen and oxygen atoms in total. The average molecular weight is 382 g/mol. The van der Waals surface area contributed by atoms with E-state index in [2.05, 4.69) is 12.2 Å². The number of nitrogens with one attached hydrogen (secondary N) is 1. The highest BCUT2D eigenvalue weighted by atomic mass is 32.2. The van der Waals surface area contributed by atoms with Crippen LogP contribution in [0, 0.1) is 6.92 Å². The number of hydrogen-bond acceptors (Lipinski definition) is 4. The van der Waals surface area contributed by atoms with Crippen LogP contribution in [0.2, 0.25) is 0 Å². The van der Waals surface area contributed by atoms with Gasteiger partial charge in [0.05, 0.1) is 5.75 Å². The largest absolute Gasteiger partial charge is 0.338 e. The molecule has 1 aliphatic rings. The molecule has 0 aliphatic carbocycles.